The van der Waals surface area contributed by atoms with E-state index in [9.17, 15) is 0 Å². The van der Waals surface area contributed by atoms with Crippen LogP contribution in [-0.2, 0) is 4.74 Å². The number of nitrogens with zero attached hydrogens (tertiary/aromatic N) is 4. The first kappa shape index (κ1) is 14.6. The van der Waals surface area contributed by atoms with Crippen LogP contribution >= 0.6 is 11.3 Å². The predicted octanol–water partition coefficient (Wildman–Crippen LogP) is 2.36. The second kappa shape index (κ2) is 5.90. The minimum absolute atomic E-state index is 0.319. The minimum Gasteiger partial charge on any atom is -0.379 e. The molecule has 1 unspecified atom stereocenters. The van der Waals surface area contributed by atoms with Crippen LogP contribution in [0.3, 0.4) is 0 Å². The molecule has 0 radical (unpaired) electrons. The van der Waals surface area contributed by atoms with Crippen LogP contribution in [0.15, 0.2) is 11.6 Å². The smallest absolute Gasteiger partial charge is 0.222 e. The summed E-state index contributed by atoms with van der Waals surface area (Å²) < 4.78 is 5.69. The van der Waals surface area contributed by atoms with Crippen LogP contribution in [0.1, 0.15) is 29.1 Å². The van der Waals surface area contributed by atoms with Gasteiger partial charge >= 0.3 is 0 Å². The highest BCUT2D eigenvalue weighted by Crippen LogP contribution is 2.36. The van der Waals surface area contributed by atoms with Crippen LogP contribution in [0.25, 0.3) is 11.6 Å². The Balaban J connectivity index is 1.80. The molecular formula is C16H19N5OS. The molecule has 0 amide bonds. The average Bonchev–Trinajstić information content (AvgIpc) is 3.09. The lowest BCUT2D eigenvalue weighted by molar-refractivity contribution is 0.0797. The predicted molar refractivity (Wildman–Crippen MR) is 92.4 cm³/mol. The van der Waals surface area contributed by atoms with Crippen LogP contribution in [0.4, 0.5) is 11.8 Å². The van der Waals surface area contributed by atoms with Gasteiger partial charge in [0.25, 0.3) is 0 Å². The Bertz CT molecular complexity index is 737. The fourth-order valence-corrected chi connectivity index (χ4v) is 3.88. The Morgan fingerprint density at radius 3 is 3.04 bits per heavy atom. The summed E-state index contributed by atoms with van der Waals surface area (Å²) >= 11 is 1.66. The molecule has 4 rings (SSSR count). The van der Waals surface area contributed by atoms with E-state index in [1.54, 1.807) is 11.3 Å². The number of nitrogen functional groups attached to an aromatic ring is 1. The number of hydrogen-bond donors (Lipinski definition) is 1. The summed E-state index contributed by atoms with van der Waals surface area (Å²) in [6.45, 7) is 4.34. The average molecular weight is 329 g/mol. The van der Waals surface area contributed by atoms with Crippen molar-refractivity contribution in [3.63, 3.8) is 0 Å². The van der Waals surface area contributed by atoms with Crippen molar-refractivity contribution >= 4 is 34.8 Å². The van der Waals surface area contributed by atoms with E-state index in [2.05, 4.69) is 25.9 Å². The minimum atomic E-state index is 0.319. The number of fused-ring (bicyclic) bond motifs is 1. The van der Waals surface area contributed by atoms with E-state index in [1.165, 1.54) is 5.57 Å². The lowest BCUT2D eigenvalue weighted by Gasteiger charge is -2.38. The first-order valence-corrected chi connectivity index (χ1v) is 8.69. The van der Waals surface area contributed by atoms with Gasteiger partial charge in [0.2, 0.25) is 5.95 Å². The van der Waals surface area contributed by atoms with Gasteiger partial charge in [-0.1, -0.05) is 0 Å². The molecule has 7 heteroatoms. The maximum Gasteiger partial charge on any atom is 0.222 e. The third-order valence-electron chi connectivity index (χ3n) is 4.35. The molecule has 1 fully saturated rings. The normalized spacial score (nSPS) is 21.0. The summed E-state index contributed by atoms with van der Waals surface area (Å²) in [5, 5.41) is 3.06. The molecule has 2 aromatic heterocycles. The van der Waals surface area contributed by atoms with E-state index in [0.29, 0.717) is 12.0 Å². The van der Waals surface area contributed by atoms with Gasteiger partial charge in [0.05, 0.1) is 18.3 Å². The molecule has 0 aliphatic carbocycles. The Morgan fingerprint density at radius 1 is 1.39 bits per heavy atom. The summed E-state index contributed by atoms with van der Waals surface area (Å²) in [4.78, 5) is 15.6. The quantitative estimate of drug-likeness (QED) is 0.911. The topological polar surface area (TPSA) is 77.2 Å². The zero-order chi connectivity index (χ0) is 15.8. The van der Waals surface area contributed by atoms with E-state index in [-0.39, 0.29) is 0 Å². The molecule has 1 atom stereocenters. The van der Waals surface area contributed by atoms with E-state index < -0.39 is 0 Å². The molecule has 0 spiro atoms. The molecule has 23 heavy (non-hydrogen) atoms. The maximum absolute atomic E-state index is 5.89. The van der Waals surface area contributed by atoms with Crippen molar-refractivity contribution in [3.8, 4) is 0 Å². The summed E-state index contributed by atoms with van der Waals surface area (Å²) in [5.74, 6) is 1.25. The van der Waals surface area contributed by atoms with Gasteiger partial charge < -0.3 is 15.4 Å². The highest BCUT2D eigenvalue weighted by molar-refractivity contribution is 7.10. The number of aryl methyl sites for hydroxylation is 1. The number of rotatable bonds is 2. The number of nitrogens with two attached hydrogens (primary N) is 1. The van der Waals surface area contributed by atoms with E-state index in [4.69, 9.17) is 10.5 Å². The van der Waals surface area contributed by atoms with Gasteiger partial charge in [0, 0.05) is 35.9 Å². The third kappa shape index (κ3) is 2.70. The molecule has 0 bridgehead atoms. The third-order valence-corrected chi connectivity index (χ3v) is 5.20. The van der Waals surface area contributed by atoms with Gasteiger partial charge in [0.15, 0.2) is 0 Å². The van der Waals surface area contributed by atoms with Crippen molar-refractivity contribution in [2.24, 2.45) is 0 Å². The molecule has 0 saturated carbocycles. The van der Waals surface area contributed by atoms with Crippen molar-refractivity contribution in [1.82, 2.24) is 15.0 Å². The molecular weight excluding hydrogens is 310 g/mol. The highest BCUT2D eigenvalue weighted by Gasteiger charge is 2.30. The summed E-state index contributed by atoms with van der Waals surface area (Å²) in [6.07, 6.45) is 6.18. The van der Waals surface area contributed by atoms with Gasteiger partial charge in [-0.05, 0) is 25.8 Å². The molecule has 120 valence electrons. The standard InChI is InChI=1S/C16H19N5OS/c1-10-13-7-11(15-18-4-6-23-15)8-21(12-3-2-5-22-9-12)14(13)20-16(17)19-10/h4,6-7,12H,2-3,5,8-9H2,1H3,(H2,17,19,20). The van der Waals surface area contributed by atoms with Crippen molar-refractivity contribution in [3.05, 3.63) is 27.8 Å². The van der Waals surface area contributed by atoms with Crippen molar-refractivity contribution in [1.29, 1.82) is 0 Å². The van der Waals surface area contributed by atoms with Crippen LogP contribution in [-0.4, -0.2) is 40.8 Å². The lowest BCUT2D eigenvalue weighted by atomic mass is 10.0. The molecule has 1 saturated heterocycles. The second-order valence-electron chi connectivity index (χ2n) is 5.91. The van der Waals surface area contributed by atoms with E-state index >= 15 is 0 Å². The molecule has 4 heterocycles. The summed E-state index contributed by atoms with van der Waals surface area (Å²) in [5.41, 5.74) is 9.04. The van der Waals surface area contributed by atoms with Gasteiger partial charge in [-0.15, -0.1) is 11.3 Å². The Hall–Kier alpha value is -1.99. The fourth-order valence-electron chi connectivity index (χ4n) is 3.24. The fraction of sp³-hybridized carbons (Fsp3) is 0.438. The number of aromatic nitrogens is 3. The molecule has 2 aliphatic rings. The van der Waals surface area contributed by atoms with Crippen molar-refractivity contribution in [2.75, 3.05) is 30.4 Å². The van der Waals surface area contributed by atoms with Crippen LogP contribution in [0.2, 0.25) is 0 Å². The van der Waals surface area contributed by atoms with Crippen LogP contribution in [0, 0.1) is 6.92 Å². The maximum atomic E-state index is 5.89. The summed E-state index contributed by atoms with van der Waals surface area (Å²) in [7, 11) is 0. The first-order valence-electron chi connectivity index (χ1n) is 7.81. The first-order chi connectivity index (χ1) is 11.2. The van der Waals surface area contributed by atoms with Gasteiger partial charge in [0.1, 0.15) is 10.8 Å². The Morgan fingerprint density at radius 2 is 2.30 bits per heavy atom. The number of hydrogen-bond acceptors (Lipinski definition) is 7. The SMILES string of the molecule is Cc1nc(N)nc2c1C=C(c1nccs1)CN2C1CCCOC1. The van der Waals surface area contributed by atoms with Gasteiger partial charge in [-0.25, -0.2) is 9.97 Å². The lowest BCUT2D eigenvalue weighted by Crippen LogP contribution is -2.44. The highest BCUT2D eigenvalue weighted by atomic mass is 32.1. The molecule has 2 aromatic rings. The number of thiazole rings is 1. The van der Waals surface area contributed by atoms with Crippen molar-refractivity contribution in [2.45, 2.75) is 25.8 Å². The van der Waals surface area contributed by atoms with Gasteiger partial charge in [-0.2, -0.15) is 4.98 Å². The molecule has 2 N–H and O–H groups in total. The summed E-state index contributed by atoms with van der Waals surface area (Å²) in [6, 6.07) is 0.319. The van der Waals surface area contributed by atoms with Crippen LogP contribution in [0.5, 0.6) is 0 Å². The molecule has 6 nitrogen and oxygen atoms in total. The number of anilines is 2. The Kier molecular flexibility index (Phi) is 3.74. The van der Waals surface area contributed by atoms with E-state index in [0.717, 1.165) is 54.7 Å². The zero-order valence-corrected chi connectivity index (χ0v) is 13.8. The number of ether oxygens (including phenoxy) is 1. The monoisotopic (exact) mass is 329 g/mol. The molecule has 2 aliphatic heterocycles. The largest absolute Gasteiger partial charge is 0.379 e. The van der Waals surface area contributed by atoms with Crippen molar-refractivity contribution < 1.29 is 4.74 Å². The molecule has 0 aromatic carbocycles. The Labute approximate surface area is 139 Å². The van der Waals surface area contributed by atoms with E-state index in [1.807, 2.05) is 18.5 Å². The second-order valence-corrected chi connectivity index (χ2v) is 6.80. The van der Waals surface area contributed by atoms with Gasteiger partial charge in [-0.3, -0.25) is 0 Å². The zero-order valence-electron chi connectivity index (χ0n) is 13.0. The van der Waals surface area contributed by atoms with Crippen LogP contribution < -0.4 is 10.6 Å².